The number of hydrogen-bond donors (Lipinski definition) is 2. The second-order valence-corrected chi connectivity index (χ2v) is 8.51. The number of carbonyl (C=O) groups excluding carboxylic acids is 1. The Hall–Kier alpha value is -2.99. The zero-order valence-electron chi connectivity index (χ0n) is 17.4. The topological polar surface area (TPSA) is 93.4 Å². The number of unbranched alkanes of at least 4 members (excludes halogenated alkanes) is 3. The summed E-state index contributed by atoms with van der Waals surface area (Å²) in [5, 5.41) is 16.7. The standard InChI is InChI=1S/C22H27FN6OS/c23-20-14-18(8-11-25-20)28-22(27-16-24)26-10-4-2-1-3-6-17-9-12-29(15-17)21(30)19-7-5-13-31-19/h5,7-8,11,13-14,17H,1-4,6,9-10,12,15H2,(H2,25,26,27,28). The van der Waals surface area contributed by atoms with Crippen molar-refractivity contribution in [3.05, 3.63) is 46.7 Å². The maximum absolute atomic E-state index is 13.2. The van der Waals surface area contributed by atoms with E-state index in [4.69, 9.17) is 5.26 Å². The predicted molar refractivity (Wildman–Crippen MR) is 120 cm³/mol. The summed E-state index contributed by atoms with van der Waals surface area (Å²) in [5.74, 6) is 0.472. The molecular weight excluding hydrogens is 415 g/mol. The molecule has 1 aliphatic rings. The van der Waals surface area contributed by atoms with Crippen molar-refractivity contribution in [1.29, 1.82) is 5.26 Å². The molecule has 1 unspecified atom stereocenters. The Morgan fingerprint density at radius 1 is 1.35 bits per heavy atom. The third-order valence-corrected chi connectivity index (χ3v) is 6.15. The number of nitrogens with zero attached hydrogens (tertiary/aromatic N) is 4. The summed E-state index contributed by atoms with van der Waals surface area (Å²) < 4.78 is 13.2. The van der Waals surface area contributed by atoms with Crippen LogP contribution in [0.3, 0.4) is 0 Å². The maximum Gasteiger partial charge on any atom is 0.263 e. The summed E-state index contributed by atoms with van der Waals surface area (Å²) in [4.78, 5) is 22.4. The Morgan fingerprint density at radius 3 is 3.00 bits per heavy atom. The molecule has 0 saturated carbocycles. The summed E-state index contributed by atoms with van der Waals surface area (Å²) in [7, 11) is 0. The smallest absolute Gasteiger partial charge is 0.263 e. The molecule has 2 N–H and O–H groups in total. The van der Waals surface area contributed by atoms with Gasteiger partial charge in [-0.05, 0) is 42.7 Å². The average molecular weight is 443 g/mol. The van der Waals surface area contributed by atoms with Gasteiger partial charge in [-0.25, -0.2) is 4.98 Å². The minimum Gasteiger partial charge on any atom is -0.355 e. The molecule has 1 saturated heterocycles. The number of amides is 1. The highest BCUT2D eigenvalue weighted by Crippen LogP contribution is 2.24. The molecule has 0 bridgehead atoms. The number of aromatic nitrogens is 1. The van der Waals surface area contributed by atoms with Gasteiger partial charge in [0.15, 0.2) is 0 Å². The monoisotopic (exact) mass is 442 g/mol. The minimum atomic E-state index is -0.595. The second kappa shape index (κ2) is 12.0. The molecule has 1 atom stereocenters. The number of nitriles is 1. The van der Waals surface area contributed by atoms with E-state index in [0.717, 1.165) is 56.5 Å². The molecule has 0 spiro atoms. The molecule has 2 aromatic heterocycles. The highest BCUT2D eigenvalue weighted by Gasteiger charge is 2.26. The first kappa shape index (κ1) is 22.7. The largest absolute Gasteiger partial charge is 0.355 e. The second-order valence-electron chi connectivity index (χ2n) is 7.57. The summed E-state index contributed by atoms with van der Waals surface area (Å²) in [5.41, 5.74) is 0.483. The van der Waals surface area contributed by atoms with Crippen LogP contribution in [0.15, 0.2) is 40.8 Å². The van der Waals surface area contributed by atoms with Crippen molar-refractivity contribution >= 4 is 28.9 Å². The lowest BCUT2D eigenvalue weighted by Gasteiger charge is -2.15. The number of rotatable bonds is 9. The van der Waals surface area contributed by atoms with E-state index in [9.17, 15) is 9.18 Å². The first-order valence-electron chi connectivity index (χ1n) is 10.6. The van der Waals surface area contributed by atoms with Gasteiger partial charge in [0.05, 0.1) is 4.88 Å². The zero-order chi connectivity index (χ0) is 21.9. The number of thiophene rings is 1. The zero-order valence-corrected chi connectivity index (χ0v) is 18.2. The normalized spacial score (nSPS) is 16.2. The Balaban J connectivity index is 1.27. The maximum atomic E-state index is 13.2. The predicted octanol–water partition coefficient (Wildman–Crippen LogP) is 4.23. The quantitative estimate of drug-likeness (QED) is 0.199. The molecule has 1 amide bonds. The highest BCUT2D eigenvalue weighted by atomic mass is 32.1. The molecule has 1 aliphatic heterocycles. The molecule has 0 aromatic carbocycles. The lowest BCUT2D eigenvalue weighted by atomic mass is 10.00. The van der Waals surface area contributed by atoms with E-state index in [2.05, 4.69) is 20.6 Å². The summed E-state index contributed by atoms with van der Waals surface area (Å²) in [6.07, 6.45) is 9.64. The Kier molecular flexibility index (Phi) is 8.79. The fourth-order valence-corrected chi connectivity index (χ4v) is 4.40. The molecule has 9 heteroatoms. The SMILES string of the molecule is N#C/N=C(/NCCCCCCC1CCN(C(=O)c2cccs2)C1)Nc1ccnc(F)c1. The third-order valence-electron chi connectivity index (χ3n) is 5.29. The Labute approximate surface area is 186 Å². The van der Waals surface area contributed by atoms with Crippen LogP contribution >= 0.6 is 11.3 Å². The van der Waals surface area contributed by atoms with Gasteiger partial charge in [0.1, 0.15) is 0 Å². The number of hydrogen-bond acceptors (Lipinski definition) is 5. The van der Waals surface area contributed by atoms with Crippen LogP contribution in [-0.2, 0) is 0 Å². The van der Waals surface area contributed by atoms with Gasteiger partial charge in [0.25, 0.3) is 5.91 Å². The molecular formula is C22H27FN6OS. The number of aliphatic imine (C=N–C) groups is 1. The van der Waals surface area contributed by atoms with Gasteiger partial charge in [-0.15, -0.1) is 16.3 Å². The van der Waals surface area contributed by atoms with Crippen molar-refractivity contribution in [1.82, 2.24) is 15.2 Å². The van der Waals surface area contributed by atoms with Crippen molar-refractivity contribution in [2.24, 2.45) is 10.9 Å². The lowest BCUT2D eigenvalue weighted by Crippen LogP contribution is -2.31. The molecule has 3 rings (SSSR count). The molecule has 0 radical (unpaired) electrons. The Morgan fingerprint density at radius 2 is 2.23 bits per heavy atom. The van der Waals surface area contributed by atoms with Gasteiger partial charge in [-0.3, -0.25) is 4.79 Å². The van der Waals surface area contributed by atoms with Crippen LogP contribution in [-0.4, -0.2) is 41.4 Å². The summed E-state index contributed by atoms with van der Waals surface area (Å²) in [6.45, 7) is 2.40. The molecule has 0 aliphatic carbocycles. The molecule has 31 heavy (non-hydrogen) atoms. The van der Waals surface area contributed by atoms with E-state index in [1.54, 1.807) is 12.3 Å². The molecule has 3 heterocycles. The molecule has 7 nitrogen and oxygen atoms in total. The van der Waals surface area contributed by atoms with E-state index >= 15 is 0 Å². The highest BCUT2D eigenvalue weighted by molar-refractivity contribution is 7.12. The van der Waals surface area contributed by atoms with Gasteiger partial charge in [0.2, 0.25) is 18.1 Å². The lowest BCUT2D eigenvalue weighted by molar-refractivity contribution is 0.0791. The first-order valence-corrected chi connectivity index (χ1v) is 11.5. The van der Waals surface area contributed by atoms with Crippen LogP contribution in [0.4, 0.5) is 10.1 Å². The summed E-state index contributed by atoms with van der Waals surface area (Å²) >= 11 is 1.51. The van der Waals surface area contributed by atoms with Gasteiger partial charge in [-0.2, -0.15) is 9.65 Å². The van der Waals surface area contributed by atoms with E-state index < -0.39 is 5.95 Å². The van der Waals surface area contributed by atoms with Gasteiger partial charge in [0, 0.05) is 37.6 Å². The van der Waals surface area contributed by atoms with Crippen molar-refractivity contribution in [3.8, 4) is 6.19 Å². The number of anilines is 1. The number of guanidine groups is 1. The molecule has 1 fully saturated rings. The van der Waals surface area contributed by atoms with Crippen LogP contribution in [0.25, 0.3) is 0 Å². The van der Waals surface area contributed by atoms with Crippen LogP contribution in [0.1, 0.15) is 48.2 Å². The van der Waals surface area contributed by atoms with Crippen LogP contribution in [0.2, 0.25) is 0 Å². The summed E-state index contributed by atoms with van der Waals surface area (Å²) in [6, 6.07) is 6.67. The van der Waals surface area contributed by atoms with Crippen molar-refractivity contribution in [2.75, 3.05) is 25.0 Å². The van der Waals surface area contributed by atoms with E-state index in [1.165, 1.54) is 23.6 Å². The Bertz CT molecular complexity index is 911. The number of nitrogens with one attached hydrogen (secondary N) is 2. The van der Waals surface area contributed by atoms with E-state index in [1.807, 2.05) is 22.4 Å². The molecule has 164 valence electrons. The molecule has 2 aromatic rings. The van der Waals surface area contributed by atoms with Gasteiger partial charge < -0.3 is 15.5 Å². The fraction of sp³-hybridized carbons (Fsp3) is 0.455. The van der Waals surface area contributed by atoms with E-state index in [-0.39, 0.29) is 5.91 Å². The third kappa shape index (κ3) is 7.33. The van der Waals surface area contributed by atoms with Crippen molar-refractivity contribution < 1.29 is 9.18 Å². The van der Waals surface area contributed by atoms with Crippen LogP contribution < -0.4 is 10.6 Å². The number of carbonyl (C=O) groups is 1. The van der Waals surface area contributed by atoms with Crippen LogP contribution in [0, 0.1) is 23.3 Å². The number of likely N-dealkylation sites (tertiary alicyclic amines) is 1. The van der Waals surface area contributed by atoms with Gasteiger partial charge in [-0.1, -0.05) is 25.3 Å². The average Bonchev–Trinajstić information content (AvgIpc) is 3.45. The van der Waals surface area contributed by atoms with Crippen molar-refractivity contribution in [2.45, 2.75) is 38.5 Å². The van der Waals surface area contributed by atoms with Crippen LogP contribution in [0.5, 0.6) is 0 Å². The fourth-order valence-electron chi connectivity index (χ4n) is 3.71. The van der Waals surface area contributed by atoms with E-state index in [0.29, 0.717) is 24.1 Å². The minimum absolute atomic E-state index is 0.168. The number of halogens is 1. The number of pyridine rings is 1. The van der Waals surface area contributed by atoms with Crippen molar-refractivity contribution in [3.63, 3.8) is 0 Å². The van der Waals surface area contributed by atoms with Gasteiger partial charge >= 0.3 is 0 Å². The first-order chi connectivity index (χ1) is 15.2.